The highest BCUT2D eigenvalue weighted by atomic mass is 19.1. The largest absolute Gasteiger partial charge is 0.478 e. The van der Waals surface area contributed by atoms with Gasteiger partial charge in [0.05, 0.1) is 17.4 Å². The number of carboxylic acids is 1. The van der Waals surface area contributed by atoms with Crippen molar-refractivity contribution in [1.82, 2.24) is 15.0 Å². The molecule has 0 radical (unpaired) electrons. The number of rotatable bonds is 3. The molecule has 104 valence electrons. The van der Waals surface area contributed by atoms with E-state index < -0.39 is 5.97 Å². The molecular weight excluding hydrogens is 273 g/mol. The van der Waals surface area contributed by atoms with Crippen molar-refractivity contribution in [2.75, 3.05) is 0 Å². The van der Waals surface area contributed by atoms with Gasteiger partial charge in [-0.25, -0.2) is 13.9 Å². The van der Waals surface area contributed by atoms with Crippen LogP contribution in [0.4, 0.5) is 4.39 Å². The van der Waals surface area contributed by atoms with E-state index in [4.69, 9.17) is 5.11 Å². The van der Waals surface area contributed by atoms with Crippen LogP contribution < -0.4 is 0 Å². The lowest BCUT2D eigenvalue weighted by atomic mass is 10.1. The number of aromatic nitrogens is 3. The molecule has 0 aliphatic carbocycles. The first-order chi connectivity index (χ1) is 10.1. The van der Waals surface area contributed by atoms with Gasteiger partial charge in [-0.05, 0) is 42.5 Å². The average molecular weight is 283 g/mol. The van der Waals surface area contributed by atoms with Crippen LogP contribution >= 0.6 is 0 Å². The van der Waals surface area contributed by atoms with Crippen molar-refractivity contribution in [3.63, 3.8) is 0 Å². The minimum atomic E-state index is -1.00. The number of carboxylic acid groups (broad SMARTS) is 1. The summed E-state index contributed by atoms with van der Waals surface area (Å²) in [5.74, 6) is -1.32. The molecule has 0 amide bonds. The van der Waals surface area contributed by atoms with E-state index >= 15 is 0 Å². The third kappa shape index (κ3) is 2.64. The summed E-state index contributed by atoms with van der Waals surface area (Å²) in [6.45, 7) is 0. The van der Waals surface area contributed by atoms with E-state index in [1.807, 2.05) is 0 Å². The van der Waals surface area contributed by atoms with Crippen LogP contribution in [0.1, 0.15) is 10.4 Å². The van der Waals surface area contributed by atoms with E-state index in [2.05, 4.69) is 10.3 Å². The Morgan fingerprint density at radius 1 is 1.14 bits per heavy atom. The molecule has 0 saturated carbocycles. The first-order valence-electron chi connectivity index (χ1n) is 6.15. The van der Waals surface area contributed by atoms with Gasteiger partial charge in [0, 0.05) is 5.56 Å². The minimum Gasteiger partial charge on any atom is -0.478 e. The Labute approximate surface area is 119 Å². The molecule has 3 rings (SSSR count). The van der Waals surface area contributed by atoms with Crippen molar-refractivity contribution in [1.29, 1.82) is 0 Å². The molecule has 0 aliphatic heterocycles. The Hall–Kier alpha value is -3.02. The first-order valence-corrected chi connectivity index (χ1v) is 6.15. The summed E-state index contributed by atoms with van der Waals surface area (Å²) >= 11 is 0. The van der Waals surface area contributed by atoms with E-state index in [0.717, 1.165) is 5.56 Å². The fourth-order valence-electron chi connectivity index (χ4n) is 1.92. The third-order valence-corrected chi connectivity index (χ3v) is 2.99. The topological polar surface area (TPSA) is 68.0 Å². The van der Waals surface area contributed by atoms with Crippen LogP contribution in [0.15, 0.2) is 54.7 Å². The van der Waals surface area contributed by atoms with Gasteiger partial charge in [0.25, 0.3) is 0 Å². The molecule has 21 heavy (non-hydrogen) atoms. The number of aromatic carboxylic acids is 1. The van der Waals surface area contributed by atoms with Gasteiger partial charge in [0.1, 0.15) is 11.5 Å². The Morgan fingerprint density at radius 3 is 2.62 bits per heavy atom. The van der Waals surface area contributed by atoms with E-state index in [-0.39, 0.29) is 11.4 Å². The Kier molecular flexibility index (Phi) is 3.19. The van der Waals surface area contributed by atoms with Gasteiger partial charge in [-0.1, -0.05) is 11.3 Å². The van der Waals surface area contributed by atoms with E-state index in [1.54, 1.807) is 30.5 Å². The monoisotopic (exact) mass is 283 g/mol. The van der Waals surface area contributed by atoms with Crippen molar-refractivity contribution in [3.05, 3.63) is 66.1 Å². The quantitative estimate of drug-likeness (QED) is 0.802. The molecule has 0 bridgehead atoms. The predicted molar refractivity (Wildman–Crippen MR) is 73.7 cm³/mol. The van der Waals surface area contributed by atoms with Gasteiger partial charge in [0.15, 0.2) is 0 Å². The maximum Gasteiger partial charge on any atom is 0.335 e. The molecule has 1 N–H and O–H groups in total. The second kappa shape index (κ2) is 5.16. The molecule has 3 aromatic rings. The molecular formula is C15H10FN3O2. The number of hydrogen-bond donors (Lipinski definition) is 1. The van der Waals surface area contributed by atoms with Crippen molar-refractivity contribution < 1.29 is 14.3 Å². The van der Waals surface area contributed by atoms with Crippen molar-refractivity contribution >= 4 is 5.97 Å². The van der Waals surface area contributed by atoms with E-state index in [0.29, 0.717) is 11.4 Å². The highest BCUT2D eigenvalue weighted by Crippen LogP contribution is 2.18. The van der Waals surface area contributed by atoms with E-state index in [1.165, 1.54) is 28.9 Å². The molecule has 0 saturated heterocycles. The average Bonchev–Trinajstić information content (AvgIpc) is 2.98. The zero-order valence-corrected chi connectivity index (χ0v) is 10.8. The third-order valence-electron chi connectivity index (χ3n) is 2.99. The fourth-order valence-corrected chi connectivity index (χ4v) is 1.92. The lowest BCUT2D eigenvalue weighted by molar-refractivity contribution is 0.0697. The lowest BCUT2D eigenvalue weighted by Gasteiger charge is -2.01. The number of nitrogens with zero attached hydrogens (tertiary/aromatic N) is 3. The summed E-state index contributed by atoms with van der Waals surface area (Å²) < 4.78 is 14.4. The van der Waals surface area contributed by atoms with Crippen LogP contribution in [0.3, 0.4) is 0 Å². The summed E-state index contributed by atoms with van der Waals surface area (Å²) in [4.78, 5) is 11.0. The van der Waals surface area contributed by atoms with E-state index in [9.17, 15) is 9.18 Å². The van der Waals surface area contributed by atoms with Crippen LogP contribution in [-0.4, -0.2) is 26.1 Å². The Bertz CT molecular complexity index is 797. The highest BCUT2D eigenvalue weighted by molar-refractivity contribution is 5.88. The molecule has 0 spiro atoms. The SMILES string of the molecule is O=C(O)c1cccc(-n2cc(-c3ccc(F)cc3)nn2)c1. The van der Waals surface area contributed by atoms with Crippen LogP contribution in [-0.2, 0) is 0 Å². The number of hydrogen-bond acceptors (Lipinski definition) is 3. The van der Waals surface area contributed by atoms with Gasteiger partial charge in [-0.3, -0.25) is 0 Å². The molecule has 2 aromatic carbocycles. The Morgan fingerprint density at radius 2 is 1.90 bits per heavy atom. The molecule has 0 atom stereocenters. The number of carbonyl (C=O) groups is 1. The van der Waals surface area contributed by atoms with Gasteiger partial charge in [-0.2, -0.15) is 0 Å². The highest BCUT2D eigenvalue weighted by Gasteiger charge is 2.08. The maximum atomic E-state index is 12.9. The molecule has 1 aromatic heterocycles. The summed E-state index contributed by atoms with van der Waals surface area (Å²) in [7, 11) is 0. The summed E-state index contributed by atoms with van der Waals surface area (Å²) in [6, 6.07) is 12.3. The normalized spacial score (nSPS) is 10.5. The van der Waals surface area contributed by atoms with Crippen molar-refractivity contribution in [2.45, 2.75) is 0 Å². The van der Waals surface area contributed by atoms with Crippen molar-refractivity contribution in [2.24, 2.45) is 0 Å². The second-order valence-corrected chi connectivity index (χ2v) is 4.41. The zero-order chi connectivity index (χ0) is 14.8. The second-order valence-electron chi connectivity index (χ2n) is 4.41. The van der Waals surface area contributed by atoms with Crippen LogP contribution in [0.25, 0.3) is 16.9 Å². The van der Waals surface area contributed by atoms with Gasteiger partial charge >= 0.3 is 5.97 Å². The van der Waals surface area contributed by atoms with Crippen LogP contribution in [0, 0.1) is 5.82 Å². The molecule has 0 fully saturated rings. The molecule has 1 heterocycles. The molecule has 0 unspecified atom stereocenters. The molecule has 0 aliphatic rings. The van der Waals surface area contributed by atoms with Gasteiger partial charge in [0.2, 0.25) is 0 Å². The standard InChI is InChI=1S/C15H10FN3O2/c16-12-6-4-10(5-7-12)14-9-19(18-17-14)13-3-1-2-11(8-13)15(20)21/h1-9H,(H,20,21). The summed E-state index contributed by atoms with van der Waals surface area (Å²) in [5, 5.41) is 17.0. The molecule has 6 heteroatoms. The smallest absolute Gasteiger partial charge is 0.335 e. The van der Waals surface area contributed by atoms with Gasteiger partial charge in [-0.15, -0.1) is 5.10 Å². The zero-order valence-electron chi connectivity index (χ0n) is 10.8. The van der Waals surface area contributed by atoms with Crippen LogP contribution in [0.5, 0.6) is 0 Å². The fraction of sp³-hybridized carbons (Fsp3) is 0. The van der Waals surface area contributed by atoms with Gasteiger partial charge < -0.3 is 5.11 Å². The number of halogens is 1. The summed E-state index contributed by atoms with van der Waals surface area (Å²) in [5.41, 5.74) is 2.08. The maximum absolute atomic E-state index is 12.9. The van der Waals surface area contributed by atoms with Crippen LogP contribution in [0.2, 0.25) is 0 Å². The first kappa shape index (κ1) is 13.0. The Balaban J connectivity index is 1.96. The molecule has 5 nitrogen and oxygen atoms in total. The predicted octanol–water partition coefficient (Wildman–Crippen LogP) is 2.77. The van der Waals surface area contributed by atoms with Crippen molar-refractivity contribution in [3.8, 4) is 16.9 Å². The minimum absolute atomic E-state index is 0.173. The number of benzene rings is 2. The summed E-state index contributed by atoms with van der Waals surface area (Å²) in [6.07, 6.45) is 1.66. The lowest BCUT2D eigenvalue weighted by Crippen LogP contribution is -2.00.